The molecule has 1 atom stereocenters. The normalized spacial score (nSPS) is 21.4. The summed E-state index contributed by atoms with van der Waals surface area (Å²) in [7, 11) is 0. The minimum Gasteiger partial charge on any atom is -0.324 e. The predicted octanol–water partition coefficient (Wildman–Crippen LogP) is 2.01. The van der Waals surface area contributed by atoms with Gasteiger partial charge in [-0.2, -0.15) is 5.10 Å². The number of hydrogen-bond acceptors (Lipinski definition) is 3. The van der Waals surface area contributed by atoms with Gasteiger partial charge in [0.1, 0.15) is 0 Å². The molecule has 1 amide bonds. The van der Waals surface area contributed by atoms with Crippen molar-refractivity contribution < 1.29 is 4.79 Å². The molecule has 1 saturated heterocycles. The highest BCUT2D eigenvalue weighted by molar-refractivity contribution is 5.98. The summed E-state index contributed by atoms with van der Waals surface area (Å²) in [6.45, 7) is 3.51. The Hall–Kier alpha value is -2.14. The molecule has 1 aliphatic rings. The summed E-state index contributed by atoms with van der Waals surface area (Å²) in [5, 5.41) is 10.6. The predicted molar refractivity (Wildman–Crippen MR) is 82.0 cm³/mol. The molecule has 21 heavy (non-hydrogen) atoms. The van der Waals surface area contributed by atoms with Crippen LogP contribution in [0.3, 0.4) is 0 Å². The van der Waals surface area contributed by atoms with E-state index >= 15 is 0 Å². The molecule has 0 bridgehead atoms. The molecule has 0 radical (unpaired) electrons. The zero-order valence-corrected chi connectivity index (χ0v) is 12.2. The zero-order chi connectivity index (χ0) is 14.7. The van der Waals surface area contributed by atoms with Crippen LogP contribution in [0.4, 0.5) is 5.69 Å². The number of rotatable bonds is 4. The van der Waals surface area contributed by atoms with Gasteiger partial charge in [0.05, 0.1) is 12.1 Å². The van der Waals surface area contributed by atoms with Crippen molar-refractivity contribution in [3.63, 3.8) is 0 Å². The average molecular weight is 284 g/mol. The van der Waals surface area contributed by atoms with Crippen LogP contribution >= 0.6 is 0 Å². The molecule has 1 aromatic heterocycles. The third kappa shape index (κ3) is 2.97. The molecule has 1 aromatic carbocycles. The maximum Gasteiger partial charge on any atom is 0.244 e. The maximum atomic E-state index is 12.5. The SMILES string of the molecule is CC1(C(=O)Nc2ccccc2Cn2cccn2)CCCN1. The minimum atomic E-state index is -0.460. The second-order valence-electron chi connectivity index (χ2n) is 5.68. The van der Waals surface area contributed by atoms with Crippen molar-refractivity contribution in [3.05, 3.63) is 48.3 Å². The Kier molecular flexibility index (Phi) is 3.75. The van der Waals surface area contributed by atoms with E-state index in [4.69, 9.17) is 0 Å². The summed E-state index contributed by atoms with van der Waals surface area (Å²) in [5.41, 5.74) is 1.45. The van der Waals surface area contributed by atoms with Crippen molar-refractivity contribution in [3.8, 4) is 0 Å². The van der Waals surface area contributed by atoms with E-state index < -0.39 is 5.54 Å². The summed E-state index contributed by atoms with van der Waals surface area (Å²) < 4.78 is 1.85. The van der Waals surface area contributed by atoms with Gasteiger partial charge in [0.25, 0.3) is 0 Å². The summed E-state index contributed by atoms with van der Waals surface area (Å²) in [6, 6.07) is 9.76. The van der Waals surface area contributed by atoms with Crippen molar-refractivity contribution >= 4 is 11.6 Å². The van der Waals surface area contributed by atoms with Crippen molar-refractivity contribution in [2.24, 2.45) is 0 Å². The number of aromatic nitrogens is 2. The average Bonchev–Trinajstić information content (AvgIpc) is 3.13. The second-order valence-corrected chi connectivity index (χ2v) is 5.68. The highest BCUT2D eigenvalue weighted by Crippen LogP contribution is 2.23. The van der Waals surface area contributed by atoms with E-state index in [2.05, 4.69) is 15.7 Å². The van der Waals surface area contributed by atoms with Gasteiger partial charge < -0.3 is 10.6 Å². The number of nitrogens with one attached hydrogen (secondary N) is 2. The van der Waals surface area contributed by atoms with Gasteiger partial charge in [-0.15, -0.1) is 0 Å². The largest absolute Gasteiger partial charge is 0.324 e. The topological polar surface area (TPSA) is 59.0 Å². The first-order chi connectivity index (χ1) is 10.2. The summed E-state index contributed by atoms with van der Waals surface area (Å²) >= 11 is 0. The van der Waals surface area contributed by atoms with E-state index in [0.29, 0.717) is 6.54 Å². The zero-order valence-electron chi connectivity index (χ0n) is 12.2. The van der Waals surface area contributed by atoms with Crippen LogP contribution in [0, 0.1) is 0 Å². The Morgan fingerprint density at radius 1 is 1.43 bits per heavy atom. The van der Waals surface area contributed by atoms with Crippen molar-refractivity contribution in [2.75, 3.05) is 11.9 Å². The van der Waals surface area contributed by atoms with E-state index in [9.17, 15) is 4.79 Å². The van der Waals surface area contributed by atoms with Crippen LogP contribution in [0.5, 0.6) is 0 Å². The van der Waals surface area contributed by atoms with E-state index in [1.165, 1.54) is 0 Å². The Labute approximate surface area is 124 Å². The monoisotopic (exact) mass is 284 g/mol. The summed E-state index contributed by atoms with van der Waals surface area (Å²) in [5.74, 6) is 0.0351. The Morgan fingerprint density at radius 3 is 3.00 bits per heavy atom. The summed E-state index contributed by atoms with van der Waals surface area (Å²) in [6.07, 6.45) is 5.59. The molecular weight excluding hydrogens is 264 g/mol. The molecule has 1 unspecified atom stereocenters. The minimum absolute atomic E-state index is 0.0351. The maximum absolute atomic E-state index is 12.5. The van der Waals surface area contributed by atoms with Crippen LogP contribution in [0.1, 0.15) is 25.3 Å². The Bertz CT molecular complexity index is 615. The molecule has 3 rings (SSSR count). The standard InChI is InChI=1S/C16H20N4O/c1-16(8-4-9-17-16)15(21)19-14-7-3-2-6-13(14)12-20-11-5-10-18-20/h2-3,5-7,10-11,17H,4,8-9,12H2,1H3,(H,19,21). The lowest BCUT2D eigenvalue weighted by Crippen LogP contribution is -2.48. The van der Waals surface area contributed by atoms with Crippen LogP contribution in [0.25, 0.3) is 0 Å². The van der Waals surface area contributed by atoms with Crippen molar-refractivity contribution in [1.29, 1.82) is 0 Å². The molecule has 5 nitrogen and oxygen atoms in total. The molecule has 110 valence electrons. The number of nitrogens with zero attached hydrogens (tertiary/aromatic N) is 2. The quantitative estimate of drug-likeness (QED) is 0.903. The molecule has 2 heterocycles. The number of anilines is 1. The van der Waals surface area contributed by atoms with Gasteiger partial charge in [-0.3, -0.25) is 9.48 Å². The van der Waals surface area contributed by atoms with Crippen LogP contribution in [-0.4, -0.2) is 27.8 Å². The van der Waals surface area contributed by atoms with Gasteiger partial charge in [-0.05, 0) is 44.0 Å². The summed E-state index contributed by atoms with van der Waals surface area (Å²) in [4.78, 5) is 12.5. The lowest BCUT2D eigenvalue weighted by Gasteiger charge is -2.24. The van der Waals surface area contributed by atoms with Crippen molar-refractivity contribution in [2.45, 2.75) is 31.8 Å². The fourth-order valence-corrected chi connectivity index (χ4v) is 2.70. The van der Waals surface area contributed by atoms with Crippen LogP contribution in [-0.2, 0) is 11.3 Å². The molecule has 0 saturated carbocycles. The lowest BCUT2D eigenvalue weighted by atomic mass is 9.99. The number of carbonyl (C=O) groups excluding carboxylic acids is 1. The van der Waals surface area contributed by atoms with Gasteiger partial charge in [0.15, 0.2) is 0 Å². The first-order valence-corrected chi connectivity index (χ1v) is 7.29. The van der Waals surface area contributed by atoms with Crippen LogP contribution in [0.15, 0.2) is 42.7 Å². The molecule has 1 aliphatic heterocycles. The van der Waals surface area contributed by atoms with Gasteiger partial charge >= 0.3 is 0 Å². The number of hydrogen-bond donors (Lipinski definition) is 2. The van der Waals surface area contributed by atoms with E-state index in [-0.39, 0.29) is 5.91 Å². The number of benzene rings is 1. The van der Waals surface area contributed by atoms with E-state index in [0.717, 1.165) is 30.6 Å². The molecule has 0 aliphatic carbocycles. The van der Waals surface area contributed by atoms with Crippen LogP contribution in [0.2, 0.25) is 0 Å². The Balaban J connectivity index is 1.77. The van der Waals surface area contributed by atoms with E-state index in [1.54, 1.807) is 6.20 Å². The molecule has 5 heteroatoms. The lowest BCUT2D eigenvalue weighted by molar-refractivity contribution is -0.121. The number of carbonyl (C=O) groups is 1. The van der Waals surface area contributed by atoms with Crippen molar-refractivity contribution in [1.82, 2.24) is 15.1 Å². The highest BCUT2D eigenvalue weighted by Gasteiger charge is 2.36. The van der Waals surface area contributed by atoms with Gasteiger partial charge in [-0.25, -0.2) is 0 Å². The molecule has 2 N–H and O–H groups in total. The van der Waals surface area contributed by atoms with Gasteiger partial charge in [0.2, 0.25) is 5.91 Å². The molecule has 2 aromatic rings. The first kappa shape index (κ1) is 13.8. The van der Waals surface area contributed by atoms with Gasteiger partial charge in [-0.1, -0.05) is 18.2 Å². The second kappa shape index (κ2) is 5.69. The third-order valence-corrected chi connectivity index (χ3v) is 4.03. The van der Waals surface area contributed by atoms with Crippen LogP contribution < -0.4 is 10.6 Å². The molecule has 1 fully saturated rings. The first-order valence-electron chi connectivity index (χ1n) is 7.29. The number of amides is 1. The Morgan fingerprint density at radius 2 is 2.29 bits per heavy atom. The van der Waals surface area contributed by atoms with E-state index in [1.807, 2.05) is 48.1 Å². The van der Waals surface area contributed by atoms with Gasteiger partial charge in [0, 0.05) is 18.1 Å². The molecule has 0 spiro atoms. The fourth-order valence-electron chi connectivity index (χ4n) is 2.70. The highest BCUT2D eigenvalue weighted by atomic mass is 16.2. The fraction of sp³-hybridized carbons (Fsp3) is 0.375. The number of para-hydroxylation sites is 1. The molecular formula is C16H20N4O. The third-order valence-electron chi connectivity index (χ3n) is 4.03. The smallest absolute Gasteiger partial charge is 0.244 e.